The van der Waals surface area contributed by atoms with Gasteiger partial charge in [0.05, 0.1) is 18.8 Å². The quantitative estimate of drug-likeness (QED) is 0.839. The van der Waals surface area contributed by atoms with Crippen LogP contribution in [0.25, 0.3) is 0 Å². The molecule has 0 spiro atoms. The first-order chi connectivity index (χ1) is 10.6. The van der Waals surface area contributed by atoms with Crippen molar-refractivity contribution in [1.29, 1.82) is 0 Å². The molecule has 1 aromatic rings. The molecule has 1 heterocycles. The molecule has 0 aromatic heterocycles. The van der Waals surface area contributed by atoms with Crippen molar-refractivity contribution in [3.8, 4) is 0 Å². The number of benzene rings is 1. The Labute approximate surface area is 132 Å². The minimum Gasteiger partial charge on any atom is -0.369 e. The van der Waals surface area contributed by atoms with E-state index >= 15 is 0 Å². The Morgan fingerprint density at radius 1 is 1.27 bits per heavy atom. The second-order valence-corrected chi connectivity index (χ2v) is 6.57. The predicted molar refractivity (Wildman–Crippen MR) is 84.4 cm³/mol. The number of morpholine rings is 1. The molecule has 120 valence electrons. The summed E-state index contributed by atoms with van der Waals surface area (Å²) >= 11 is 0. The van der Waals surface area contributed by atoms with Crippen molar-refractivity contribution in [2.45, 2.75) is 45.0 Å². The summed E-state index contributed by atoms with van der Waals surface area (Å²) in [6.07, 6.45) is 2.66. The van der Waals surface area contributed by atoms with Crippen molar-refractivity contribution in [1.82, 2.24) is 4.90 Å². The highest BCUT2D eigenvalue weighted by atomic mass is 16.5. The van der Waals surface area contributed by atoms with E-state index in [0.29, 0.717) is 19.0 Å². The Hall–Kier alpha value is -1.39. The Kier molecular flexibility index (Phi) is 4.79. The Bertz CT molecular complexity index is 498. The van der Waals surface area contributed by atoms with Gasteiger partial charge in [0.25, 0.3) is 0 Å². The van der Waals surface area contributed by atoms with E-state index in [0.717, 1.165) is 5.56 Å². The Morgan fingerprint density at radius 3 is 2.64 bits per heavy atom. The summed E-state index contributed by atoms with van der Waals surface area (Å²) in [5.74, 6) is 0.691. The summed E-state index contributed by atoms with van der Waals surface area (Å²) in [4.78, 5) is 14.3. The lowest BCUT2D eigenvalue weighted by molar-refractivity contribution is -0.153. The van der Waals surface area contributed by atoms with Crippen LogP contribution >= 0.6 is 0 Å². The van der Waals surface area contributed by atoms with Crippen molar-refractivity contribution in [3.05, 3.63) is 35.9 Å². The summed E-state index contributed by atoms with van der Waals surface area (Å²) in [5.41, 5.74) is 1.15. The number of ether oxygens (including phenoxy) is 2. The second kappa shape index (κ2) is 6.80. The van der Waals surface area contributed by atoms with Crippen LogP contribution in [0.5, 0.6) is 0 Å². The smallest absolute Gasteiger partial charge is 0.248 e. The third-order valence-corrected chi connectivity index (χ3v) is 4.34. The fourth-order valence-corrected chi connectivity index (χ4v) is 2.90. The van der Waals surface area contributed by atoms with E-state index < -0.39 is 0 Å². The van der Waals surface area contributed by atoms with Crippen molar-refractivity contribution in [3.63, 3.8) is 0 Å². The maximum Gasteiger partial charge on any atom is 0.248 e. The molecule has 4 nitrogen and oxygen atoms in total. The molecule has 1 saturated carbocycles. The maximum atomic E-state index is 12.4. The standard InChI is InChI=1S/C18H25NO3/c1-13(2)21-12-18(20)19-10-16(14-6-4-3-5-7-14)22-17(11-19)15-8-9-15/h3-7,13,15-17H,8-12H2,1-2H3/t16-,17+/m0/s1. The van der Waals surface area contributed by atoms with Gasteiger partial charge in [0.2, 0.25) is 5.91 Å². The molecule has 1 aliphatic carbocycles. The van der Waals surface area contributed by atoms with Crippen LogP contribution in [0.3, 0.4) is 0 Å². The molecule has 1 saturated heterocycles. The van der Waals surface area contributed by atoms with Gasteiger partial charge in [-0.25, -0.2) is 0 Å². The van der Waals surface area contributed by atoms with Gasteiger partial charge in [0, 0.05) is 6.54 Å². The average Bonchev–Trinajstić information content (AvgIpc) is 3.38. The van der Waals surface area contributed by atoms with Gasteiger partial charge >= 0.3 is 0 Å². The molecule has 1 aromatic carbocycles. The van der Waals surface area contributed by atoms with E-state index in [4.69, 9.17) is 9.47 Å². The number of carbonyl (C=O) groups is 1. The molecular weight excluding hydrogens is 278 g/mol. The molecular formula is C18H25NO3. The van der Waals surface area contributed by atoms with E-state index in [-0.39, 0.29) is 30.8 Å². The molecule has 2 aliphatic rings. The van der Waals surface area contributed by atoms with E-state index in [1.54, 1.807) is 0 Å². The molecule has 22 heavy (non-hydrogen) atoms. The first-order valence-corrected chi connectivity index (χ1v) is 8.23. The van der Waals surface area contributed by atoms with Gasteiger partial charge in [0.1, 0.15) is 12.7 Å². The van der Waals surface area contributed by atoms with E-state index in [1.165, 1.54) is 12.8 Å². The van der Waals surface area contributed by atoms with Gasteiger partial charge in [-0.05, 0) is 38.2 Å². The zero-order valence-corrected chi connectivity index (χ0v) is 13.4. The molecule has 0 unspecified atom stereocenters. The normalized spacial score (nSPS) is 25.5. The van der Waals surface area contributed by atoms with E-state index in [2.05, 4.69) is 12.1 Å². The van der Waals surface area contributed by atoms with Crippen LogP contribution in [0.2, 0.25) is 0 Å². The van der Waals surface area contributed by atoms with Crippen molar-refractivity contribution < 1.29 is 14.3 Å². The van der Waals surface area contributed by atoms with Gasteiger partial charge in [-0.1, -0.05) is 30.3 Å². The summed E-state index contributed by atoms with van der Waals surface area (Å²) < 4.78 is 11.7. The summed E-state index contributed by atoms with van der Waals surface area (Å²) in [6.45, 7) is 5.39. The third-order valence-electron chi connectivity index (χ3n) is 4.34. The minimum atomic E-state index is -0.0245. The van der Waals surface area contributed by atoms with Crippen LogP contribution in [0.4, 0.5) is 0 Å². The van der Waals surface area contributed by atoms with Gasteiger partial charge in [-0.3, -0.25) is 4.79 Å². The number of carbonyl (C=O) groups excluding carboxylic acids is 1. The van der Waals surface area contributed by atoms with E-state index in [1.807, 2.05) is 36.9 Å². The minimum absolute atomic E-state index is 0.0245. The highest BCUT2D eigenvalue weighted by Crippen LogP contribution is 2.39. The summed E-state index contributed by atoms with van der Waals surface area (Å²) in [6, 6.07) is 10.2. The van der Waals surface area contributed by atoms with Crippen LogP contribution in [0, 0.1) is 5.92 Å². The third kappa shape index (κ3) is 3.87. The van der Waals surface area contributed by atoms with Crippen molar-refractivity contribution in [2.75, 3.05) is 19.7 Å². The van der Waals surface area contributed by atoms with Crippen LogP contribution in [0.1, 0.15) is 38.4 Å². The highest BCUT2D eigenvalue weighted by Gasteiger charge is 2.40. The number of nitrogens with zero attached hydrogens (tertiary/aromatic N) is 1. The highest BCUT2D eigenvalue weighted by molar-refractivity contribution is 5.77. The SMILES string of the molecule is CC(C)OCC(=O)N1C[C@@H](c2ccccc2)O[C@@H](C2CC2)C1. The molecule has 2 atom stereocenters. The molecule has 4 heteroatoms. The lowest BCUT2D eigenvalue weighted by Gasteiger charge is -2.38. The zero-order valence-electron chi connectivity index (χ0n) is 13.4. The molecule has 0 N–H and O–H groups in total. The summed E-state index contributed by atoms with van der Waals surface area (Å²) in [5, 5.41) is 0. The lowest BCUT2D eigenvalue weighted by Crippen LogP contribution is -2.49. The largest absolute Gasteiger partial charge is 0.369 e. The predicted octanol–water partition coefficient (Wildman–Crippen LogP) is 2.79. The first-order valence-electron chi connectivity index (χ1n) is 8.23. The average molecular weight is 303 g/mol. The fourth-order valence-electron chi connectivity index (χ4n) is 2.90. The molecule has 1 aliphatic heterocycles. The van der Waals surface area contributed by atoms with Gasteiger partial charge in [-0.2, -0.15) is 0 Å². The second-order valence-electron chi connectivity index (χ2n) is 6.57. The van der Waals surface area contributed by atoms with Gasteiger partial charge in [0.15, 0.2) is 0 Å². The summed E-state index contributed by atoms with van der Waals surface area (Å²) in [7, 11) is 0. The number of hydrogen-bond acceptors (Lipinski definition) is 3. The Balaban J connectivity index is 1.68. The monoisotopic (exact) mass is 303 g/mol. The van der Waals surface area contributed by atoms with Gasteiger partial charge in [-0.15, -0.1) is 0 Å². The molecule has 3 rings (SSSR count). The lowest BCUT2D eigenvalue weighted by atomic mass is 10.0. The van der Waals surface area contributed by atoms with E-state index in [9.17, 15) is 4.79 Å². The van der Waals surface area contributed by atoms with Crippen LogP contribution in [-0.2, 0) is 14.3 Å². The van der Waals surface area contributed by atoms with Crippen molar-refractivity contribution >= 4 is 5.91 Å². The first kappa shape index (κ1) is 15.5. The van der Waals surface area contributed by atoms with Crippen LogP contribution in [0.15, 0.2) is 30.3 Å². The van der Waals surface area contributed by atoms with Crippen LogP contribution in [-0.4, -0.2) is 42.7 Å². The number of rotatable bonds is 5. The zero-order chi connectivity index (χ0) is 15.5. The molecule has 1 amide bonds. The molecule has 0 bridgehead atoms. The fraction of sp³-hybridized carbons (Fsp3) is 0.611. The number of amides is 1. The Morgan fingerprint density at radius 2 is 2.00 bits per heavy atom. The van der Waals surface area contributed by atoms with Gasteiger partial charge < -0.3 is 14.4 Å². The topological polar surface area (TPSA) is 38.8 Å². The van der Waals surface area contributed by atoms with Crippen molar-refractivity contribution in [2.24, 2.45) is 5.92 Å². The molecule has 0 radical (unpaired) electrons. The van der Waals surface area contributed by atoms with Crippen LogP contribution < -0.4 is 0 Å². The molecule has 2 fully saturated rings. The maximum absolute atomic E-state index is 12.4. The number of hydrogen-bond donors (Lipinski definition) is 0.